The number of amides is 1. The molecule has 2 aromatic rings. The highest BCUT2D eigenvalue weighted by atomic mass is 79.9. The van der Waals surface area contributed by atoms with Crippen LogP contribution < -0.4 is 19.5 Å². The van der Waals surface area contributed by atoms with Crippen molar-refractivity contribution in [3.63, 3.8) is 0 Å². The van der Waals surface area contributed by atoms with E-state index in [0.29, 0.717) is 46.2 Å². The monoisotopic (exact) mass is 500 g/mol. The number of hydrogen-bond donors (Lipinski definition) is 1. The molecule has 170 valence electrons. The lowest BCUT2D eigenvalue weighted by atomic mass is 10.1. The molecule has 0 aliphatic carbocycles. The normalized spacial score (nSPS) is 10.9. The van der Waals surface area contributed by atoms with Crippen LogP contribution in [0.1, 0.15) is 45.1 Å². The van der Waals surface area contributed by atoms with Crippen molar-refractivity contribution < 1.29 is 19.0 Å². The predicted molar refractivity (Wildman–Crippen MR) is 130 cm³/mol. The summed E-state index contributed by atoms with van der Waals surface area (Å²) in [7, 11) is 1.57. The Morgan fingerprint density at radius 2 is 1.88 bits per heavy atom. The van der Waals surface area contributed by atoms with Crippen molar-refractivity contribution in [3.05, 3.63) is 52.0 Å². The molecule has 0 fully saturated rings. The van der Waals surface area contributed by atoms with Crippen molar-refractivity contribution in [2.75, 3.05) is 25.6 Å². The number of ether oxygens (including phenoxy) is 3. The van der Waals surface area contributed by atoms with E-state index in [-0.39, 0.29) is 5.57 Å². The van der Waals surface area contributed by atoms with Crippen molar-refractivity contribution in [1.29, 1.82) is 5.26 Å². The first kappa shape index (κ1) is 25.3. The Morgan fingerprint density at radius 1 is 1.12 bits per heavy atom. The highest BCUT2D eigenvalue weighted by Gasteiger charge is 2.14. The Morgan fingerprint density at radius 3 is 2.50 bits per heavy atom. The highest BCUT2D eigenvalue weighted by molar-refractivity contribution is 9.10. The Labute approximate surface area is 198 Å². The second kappa shape index (κ2) is 13.4. The molecular formula is C25H29BrN2O4. The molecule has 0 atom stereocenters. The summed E-state index contributed by atoms with van der Waals surface area (Å²) >= 11 is 3.54. The van der Waals surface area contributed by atoms with E-state index in [1.165, 1.54) is 18.9 Å². The molecule has 0 bridgehead atoms. The molecule has 1 amide bonds. The first-order valence-corrected chi connectivity index (χ1v) is 11.5. The minimum absolute atomic E-state index is 0.0246. The molecule has 2 aromatic carbocycles. The maximum Gasteiger partial charge on any atom is 0.266 e. The molecule has 0 radical (unpaired) electrons. The maximum atomic E-state index is 12.6. The van der Waals surface area contributed by atoms with E-state index in [1.807, 2.05) is 19.1 Å². The SMILES string of the molecule is CCCCCCOc1c(Br)cc(/C=C(/C#N)C(=O)Nc2ccc(OC)cc2)cc1OCC. The summed E-state index contributed by atoms with van der Waals surface area (Å²) in [5, 5.41) is 12.3. The van der Waals surface area contributed by atoms with Crippen LogP contribution in [0.4, 0.5) is 5.69 Å². The van der Waals surface area contributed by atoms with Gasteiger partial charge in [-0.1, -0.05) is 26.2 Å². The van der Waals surface area contributed by atoms with Crippen molar-refractivity contribution in [2.45, 2.75) is 39.5 Å². The molecule has 0 unspecified atom stereocenters. The number of nitriles is 1. The molecule has 1 N–H and O–H groups in total. The Balaban J connectivity index is 2.19. The lowest BCUT2D eigenvalue weighted by Gasteiger charge is -2.15. The highest BCUT2D eigenvalue weighted by Crippen LogP contribution is 2.37. The number of methoxy groups -OCH3 is 1. The smallest absolute Gasteiger partial charge is 0.266 e. The van der Waals surface area contributed by atoms with Crippen LogP contribution in [0.3, 0.4) is 0 Å². The zero-order valence-electron chi connectivity index (χ0n) is 18.7. The second-order valence-corrected chi connectivity index (χ2v) is 7.88. The summed E-state index contributed by atoms with van der Waals surface area (Å²) in [6.45, 7) is 5.13. The van der Waals surface area contributed by atoms with Crippen LogP contribution in [0.15, 0.2) is 46.4 Å². The van der Waals surface area contributed by atoms with Crippen LogP contribution >= 0.6 is 15.9 Å². The molecule has 7 heteroatoms. The maximum absolute atomic E-state index is 12.6. The molecule has 0 heterocycles. The van der Waals surface area contributed by atoms with Crippen molar-refractivity contribution in [1.82, 2.24) is 0 Å². The molecule has 6 nitrogen and oxygen atoms in total. The van der Waals surface area contributed by atoms with Crippen LogP contribution in [-0.4, -0.2) is 26.2 Å². The summed E-state index contributed by atoms with van der Waals surface area (Å²) in [4.78, 5) is 12.6. The van der Waals surface area contributed by atoms with E-state index < -0.39 is 5.91 Å². The van der Waals surface area contributed by atoms with E-state index in [9.17, 15) is 10.1 Å². The number of rotatable bonds is 12. The third-order valence-electron chi connectivity index (χ3n) is 4.60. The van der Waals surface area contributed by atoms with Gasteiger partial charge < -0.3 is 19.5 Å². The summed E-state index contributed by atoms with van der Waals surface area (Å²) in [6.07, 6.45) is 5.97. The number of carbonyl (C=O) groups is 1. The molecule has 0 aliphatic heterocycles. The molecule has 0 spiro atoms. The molecule has 0 aromatic heterocycles. The van der Waals surface area contributed by atoms with E-state index in [4.69, 9.17) is 14.2 Å². The molecule has 32 heavy (non-hydrogen) atoms. The fourth-order valence-corrected chi connectivity index (χ4v) is 3.54. The van der Waals surface area contributed by atoms with Crippen molar-refractivity contribution in [3.8, 4) is 23.3 Å². The average molecular weight is 501 g/mol. The summed E-state index contributed by atoms with van der Waals surface area (Å²) in [5.74, 6) is 1.38. The Bertz CT molecular complexity index is 965. The first-order valence-electron chi connectivity index (χ1n) is 10.7. The van der Waals surface area contributed by atoms with Gasteiger partial charge in [0.25, 0.3) is 5.91 Å². The van der Waals surface area contributed by atoms with Gasteiger partial charge in [0.05, 0.1) is 24.8 Å². The van der Waals surface area contributed by atoms with E-state index >= 15 is 0 Å². The van der Waals surface area contributed by atoms with Crippen LogP contribution in [0.2, 0.25) is 0 Å². The van der Waals surface area contributed by atoms with Gasteiger partial charge in [0, 0.05) is 5.69 Å². The van der Waals surface area contributed by atoms with Crippen molar-refractivity contribution >= 4 is 33.6 Å². The van der Waals surface area contributed by atoms with Crippen molar-refractivity contribution in [2.24, 2.45) is 0 Å². The fraction of sp³-hybridized carbons (Fsp3) is 0.360. The quantitative estimate of drug-likeness (QED) is 0.208. The number of anilines is 1. The van der Waals surface area contributed by atoms with Gasteiger partial charge in [-0.3, -0.25) is 4.79 Å². The second-order valence-electron chi connectivity index (χ2n) is 7.02. The van der Waals surface area contributed by atoms with Crippen LogP contribution in [0.25, 0.3) is 6.08 Å². The van der Waals surface area contributed by atoms with Gasteiger partial charge in [-0.05, 0) is 77.3 Å². The van der Waals surface area contributed by atoms with Crippen LogP contribution in [-0.2, 0) is 4.79 Å². The van der Waals surface area contributed by atoms with E-state index in [2.05, 4.69) is 28.2 Å². The van der Waals surface area contributed by atoms with Crippen LogP contribution in [0, 0.1) is 11.3 Å². The third kappa shape index (κ3) is 7.61. The number of nitrogens with zero attached hydrogens (tertiary/aromatic N) is 1. The van der Waals surface area contributed by atoms with Gasteiger partial charge in [-0.2, -0.15) is 5.26 Å². The predicted octanol–water partition coefficient (Wildman–Crippen LogP) is 6.36. The first-order chi connectivity index (χ1) is 15.5. The van der Waals surface area contributed by atoms with Gasteiger partial charge in [-0.25, -0.2) is 0 Å². The molecule has 2 rings (SSSR count). The topological polar surface area (TPSA) is 80.6 Å². The number of hydrogen-bond acceptors (Lipinski definition) is 5. The van der Waals surface area contributed by atoms with Gasteiger partial charge in [0.2, 0.25) is 0 Å². The number of unbranched alkanes of at least 4 members (excludes halogenated alkanes) is 3. The molecular weight excluding hydrogens is 472 g/mol. The molecule has 0 saturated carbocycles. The lowest BCUT2D eigenvalue weighted by Crippen LogP contribution is -2.13. The van der Waals surface area contributed by atoms with Gasteiger partial charge in [-0.15, -0.1) is 0 Å². The molecule has 0 saturated heterocycles. The van der Waals surface area contributed by atoms with Gasteiger partial charge in [0.15, 0.2) is 11.5 Å². The lowest BCUT2D eigenvalue weighted by molar-refractivity contribution is -0.112. The Kier molecular flexibility index (Phi) is 10.6. The van der Waals surface area contributed by atoms with Crippen LogP contribution in [0.5, 0.6) is 17.2 Å². The summed E-state index contributed by atoms with van der Waals surface area (Å²) < 4.78 is 17.5. The molecule has 0 aliphatic rings. The zero-order valence-corrected chi connectivity index (χ0v) is 20.3. The minimum Gasteiger partial charge on any atom is -0.497 e. The number of benzene rings is 2. The Hall–Kier alpha value is -2.98. The van der Waals surface area contributed by atoms with Gasteiger partial charge >= 0.3 is 0 Å². The zero-order chi connectivity index (χ0) is 23.3. The minimum atomic E-state index is -0.497. The van der Waals surface area contributed by atoms with E-state index in [0.717, 1.165) is 12.8 Å². The number of nitrogens with one attached hydrogen (secondary N) is 1. The third-order valence-corrected chi connectivity index (χ3v) is 5.19. The summed E-state index contributed by atoms with van der Waals surface area (Å²) in [6, 6.07) is 12.4. The number of carbonyl (C=O) groups excluding carboxylic acids is 1. The number of halogens is 1. The standard InChI is InChI=1S/C25H29BrN2O4/c1-4-6-7-8-13-32-24-22(26)15-18(16-23(24)31-5-2)14-19(17-27)25(29)28-20-9-11-21(30-3)12-10-20/h9-12,14-16H,4-8,13H2,1-3H3,(H,28,29)/b19-14-. The van der Waals surface area contributed by atoms with Gasteiger partial charge in [0.1, 0.15) is 17.4 Å². The fourth-order valence-electron chi connectivity index (χ4n) is 2.97. The summed E-state index contributed by atoms with van der Waals surface area (Å²) in [5.41, 5.74) is 1.20. The van der Waals surface area contributed by atoms with E-state index in [1.54, 1.807) is 37.4 Å². The average Bonchev–Trinajstić information content (AvgIpc) is 2.79. The largest absolute Gasteiger partial charge is 0.497 e.